The minimum Gasteiger partial charge on any atom is -0.436 e. The first kappa shape index (κ1) is 27.6. The molecule has 0 aromatic heterocycles. The second-order valence-electron chi connectivity index (χ2n) is 8.85. The zero-order chi connectivity index (χ0) is 27.0. The number of amides is 3. The number of carbonyl (C=O) groups is 3. The number of aryl methyl sites for hydroxylation is 1. The van der Waals surface area contributed by atoms with E-state index < -0.39 is 55.0 Å². The topological polar surface area (TPSA) is 108 Å². The molecule has 196 valence electrons. The minimum absolute atomic E-state index is 0.00667. The number of ether oxygens (including phenoxy) is 1. The largest absolute Gasteiger partial charge is 0.436 e. The van der Waals surface area contributed by atoms with Gasteiger partial charge in [-0.25, -0.2) is 13.6 Å². The number of aliphatic hydroxyl groups excluding tert-OH is 1. The van der Waals surface area contributed by atoms with Gasteiger partial charge in [-0.3, -0.25) is 9.59 Å². The molecular formula is C27H29F2N3O5. The van der Waals surface area contributed by atoms with Gasteiger partial charge in [0, 0.05) is 13.0 Å². The van der Waals surface area contributed by atoms with E-state index in [1.165, 1.54) is 0 Å². The highest BCUT2D eigenvalue weighted by Crippen LogP contribution is 2.33. The molecule has 10 heteroatoms. The third-order valence-corrected chi connectivity index (χ3v) is 6.09. The predicted octanol–water partition coefficient (Wildman–Crippen LogP) is 2.18. The van der Waals surface area contributed by atoms with E-state index in [9.17, 15) is 28.3 Å². The molecule has 0 aliphatic carbocycles. The summed E-state index contributed by atoms with van der Waals surface area (Å²) < 4.78 is 33.6. The molecule has 0 saturated carbocycles. The molecule has 2 aromatic rings. The summed E-state index contributed by atoms with van der Waals surface area (Å²) in [7, 11) is 0. The van der Waals surface area contributed by atoms with Gasteiger partial charge in [0.2, 0.25) is 5.91 Å². The van der Waals surface area contributed by atoms with Crippen molar-refractivity contribution in [3.05, 3.63) is 71.3 Å². The van der Waals surface area contributed by atoms with Gasteiger partial charge in [0.25, 0.3) is 11.8 Å². The summed E-state index contributed by atoms with van der Waals surface area (Å²) in [5.74, 6) is -3.07. The number of hydrogen-bond donors (Lipinski definition) is 3. The molecule has 3 unspecified atom stereocenters. The molecule has 3 N–H and O–H groups in total. The van der Waals surface area contributed by atoms with E-state index >= 15 is 0 Å². The fourth-order valence-electron chi connectivity index (χ4n) is 4.14. The van der Waals surface area contributed by atoms with Crippen LogP contribution in [0.2, 0.25) is 0 Å². The summed E-state index contributed by atoms with van der Waals surface area (Å²) >= 11 is 0. The SMILES string of the molecule is C#CCOC(=O)NC(Cc1ccccc1)C(O)C(=O)N1CC(F)(F)CC1C(=O)NCc1ccccc1C. The molecule has 1 fully saturated rings. The fraction of sp³-hybridized carbons (Fsp3) is 0.370. The van der Waals surface area contributed by atoms with E-state index in [0.29, 0.717) is 10.5 Å². The number of likely N-dealkylation sites (tertiary alicyclic amines) is 1. The number of terminal acetylenes is 1. The predicted molar refractivity (Wildman–Crippen MR) is 131 cm³/mol. The van der Waals surface area contributed by atoms with Crippen LogP contribution < -0.4 is 10.6 Å². The van der Waals surface area contributed by atoms with Crippen LogP contribution in [0.5, 0.6) is 0 Å². The first-order chi connectivity index (χ1) is 17.6. The second kappa shape index (κ2) is 12.3. The Balaban J connectivity index is 1.76. The summed E-state index contributed by atoms with van der Waals surface area (Å²) in [5.41, 5.74) is 2.38. The minimum atomic E-state index is -3.33. The lowest BCUT2D eigenvalue weighted by molar-refractivity contribution is -0.147. The highest BCUT2D eigenvalue weighted by Gasteiger charge is 2.51. The van der Waals surface area contributed by atoms with Crippen molar-refractivity contribution < 1.29 is 33.0 Å². The average Bonchev–Trinajstić information content (AvgIpc) is 3.21. The lowest BCUT2D eigenvalue weighted by Crippen LogP contribution is -2.56. The number of halogens is 2. The van der Waals surface area contributed by atoms with E-state index in [2.05, 4.69) is 16.6 Å². The first-order valence-corrected chi connectivity index (χ1v) is 11.7. The number of benzene rings is 2. The van der Waals surface area contributed by atoms with Crippen LogP contribution in [0.3, 0.4) is 0 Å². The third kappa shape index (κ3) is 7.51. The van der Waals surface area contributed by atoms with Gasteiger partial charge in [-0.15, -0.1) is 6.42 Å². The maximum absolute atomic E-state index is 14.4. The van der Waals surface area contributed by atoms with Gasteiger partial charge < -0.3 is 25.4 Å². The molecule has 3 atom stereocenters. The second-order valence-corrected chi connectivity index (χ2v) is 8.85. The van der Waals surface area contributed by atoms with Crippen molar-refractivity contribution in [2.24, 2.45) is 0 Å². The van der Waals surface area contributed by atoms with Crippen molar-refractivity contribution in [3.63, 3.8) is 0 Å². The Bertz CT molecular complexity index is 1150. The molecule has 0 bridgehead atoms. The smallest absolute Gasteiger partial charge is 0.408 e. The summed E-state index contributed by atoms with van der Waals surface area (Å²) in [6.07, 6.45) is 1.28. The lowest BCUT2D eigenvalue weighted by atomic mass is 10.00. The normalized spacial score (nSPS) is 17.8. The van der Waals surface area contributed by atoms with Crippen LogP contribution in [0.25, 0.3) is 0 Å². The van der Waals surface area contributed by atoms with Gasteiger partial charge in [0.1, 0.15) is 6.04 Å². The molecule has 3 rings (SSSR count). The van der Waals surface area contributed by atoms with E-state index in [4.69, 9.17) is 11.2 Å². The quantitative estimate of drug-likeness (QED) is 0.446. The Morgan fingerprint density at radius 1 is 1.19 bits per heavy atom. The van der Waals surface area contributed by atoms with Crippen molar-refractivity contribution in [2.45, 2.75) is 50.4 Å². The lowest BCUT2D eigenvalue weighted by Gasteiger charge is -2.29. The number of rotatable bonds is 9. The van der Waals surface area contributed by atoms with Crippen molar-refractivity contribution in [1.29, 1.82) is 0 Å². The van der Waals surface area contributed by atoms with Crippen molar-refractivity contribution in [3.8, 4) is 12.3 Å². The van der Waals surface area contributed by atoms with Crippen LogP contribution in [-0.4, -0.2) is 65.2 Å². The zero-order valence-corrected chi connectivity index (χ0v) is 20.3. The molecule has 8 nitrogen and oxygen atoms in total. The number of hydrogen-bond acceptors (Lipinski definition) is 5. The molecule has 2 aromatic carbocycles. The third-order valence-electron chi connectivity index (χ3n) is 6.09. The average molecular weight is 514 g/mol. The van der Waals surface area contributed by atoms with Crippen molar-refractivity contribution in [2.75, 3.05) is 13.2 Å². The van der Waals surface area contributed by atoms with E-state index in [-0.39, 0.29) is 19.6 Å². The van der Waals surface area contributed by atoms with Crippen LogP contribution in [0.15, 0.2) is 54.6 Å². The summed E-state index contributed by atoms with van der Waals surface area (Å²) in [4.78, 5) is 38.9. The zero-order valence-electron chi connectivity index (χ0n) is 20.3. The van der Waals surface area contributed by atoms with Crippen LogP contribution >= 0.6 is 0 Å². The van der Waals surface area contributed by atoms with E-state index in [1.807, 2.05) is 19.1 Å². The van der Waals surface area contributed by atoms with Gasteiger partial charge >= 0.3 is 6.09 Å². The molecule has 37 heavy (non-hydrogen) atoms. The highest BCUT2D eigenvalue weighted by atomic mass is 19.3. The summed E-state index contributed by atoms with van der Waals surface area (Å²) in [5, 5.41) is 15.9. The van der Waals surface area contributed by atoms with E-state index in [1.54, 1.807) is 42.5 Å². The Morgan fingerprint density at radius 2 is 1.86 bits per heavy atom. The Hall–Kier alpha value is -3.97. The van der Waals surface area contributed by atoms with Gasteiger partial charge in [-0.05, 0) is 30.0 Å². The monoisotopic (exact) mass is 513 g/mol. The Kier molecular flexibility index (Phi) is 9.20. The number of aliphatic hydroxyl groups is 1. The van der Waals surface area contributed by atoms with Crippen LogP contribution in [-0.2, 0) is 27.3 Å². The first-order valence-electron chi connectivity index (χ1n) is 11.7. The number of nitrogens with zero attached hydrogens (tertiary/aromatic N) is 1. The molecule has 0 radical (unpaired) electrons. The Labute approximate surface area is 214 Å². The Morgan fingerprint density at radius 3 is 2.54 bits per heavy atom. The molecule has 1 aliphatic rings. The van der Waals surface area contributed by atoms with Crippen molar-refractivity contribution in [1.82, 2.24) is 15.5 Å². The number of alkyl halides is 2. The summed E-state index contributed by atoms with van der Waals surface area (Å²) in [6.45, 7) is 0.573. The van der Waals surface area contributed by atoms with E-state index in [0.717, 1.165) is 11.1 Å². The van der Waals surface area contributed by atoms with Crippen LogP contribution in [0, 0.1) is 19.3 Å². The number of nitrogens with one attached hydrogen (secondary N) is 2. The standard InChI is InChI=1S/C27H29F2N3O5/c1-3-13-37-26(36)31-21(14-19-10-5-4-6-11-19)23(33)25(35)32-17-27(28,29)15-22(32)24(34)30-16-20-12-8-7-9-18(20)2/h1,4-12,21-23,33H,13-17H2,2H3,(H,30,34)(H,31,36). The maximum atomic E-state index is 14.4. The number of alkyl carbamates (subject to hydrolysis) is 1. The van der Waals surface area contributed by atoms with Gasteiger partial charge in [0.05, 0.1) is 12.6 Å². The van der Waals surface area contributed by atoms with Crippen molar-refractivity contribution >= 4 is 17.9 Å². The molecular weight excluding hydrogens is 484 g/mol. The molecule has 1 heterocycles. The molecule has 1 saturated heterocycles. The maximum Gasteiger partial charge on any atom is 0.408 e. The van der Waals surface area contributed by atoms with Gasteiger partial charge in [-0.2, -0.15) is 0 Å². The molecule has 0 spiro atoms. The van der Waals surface area contributed by atoms with Crippen LogP contribution in [0.4, 0.5) is 13.6 Å². The van der Waals surface area contributed by atoms with Crippen LogP contribution in [0.1, 0.15) is 23.1 Å². The van der Waals surface area contributed by atoms with Gasteiger partial charge in [-0.1, -0.05) is 60.5 Å². The number of carbonyl (C=O) groups excluding carboxylic acids is 3. The summed E-state index contributed by atoms with van der Waals surface area (Å²) in [6, 6.07) is 13.2. The fourth-order valence-corrected chi connectivity index (χ4v) is 4.14. The molecule has 3 amide bonds. The molecule has 1 aliphatic heterocycles. The van der Waals surface area contributed by atoms with Gasteiger partial charge in [0.15, 0.2) is 12.7 Å². The highest BCUT2D eigenvalue weighted by molar-refractivity contribution is 5.90.